The fourth-order valence-electron chi connectivity index (χ4n) is 6.32. The van der Waals surface area contributed by atoms with Crippen molar-refractivity contribution < 1.29 is 17.9 Å². The molecule has 0 spiro atoms. The third kappa shape index (κ3) is 4.38. The molecule has 0 radical (unpaired) electrons. The SMILES string of the molecule is CCCC1CCC(C2CCC(C3Cc4ccc(C)c(F)c4C(F)(F)O3)CC2)CC1. The Morgan fingerprint density at radius 1 is 0.931 bits per heavy atom. The number of fused-ring (bicyclic) bond motifs is 1. The van der Waals surface area contributed by atoms with Crippen molar-refractivity contribution in [1.29, 1.82) is 0 Å². The summed E-state index contributed by atoms with van der Waals surface area (Å²) in [6.07, 6.45) is 8.68. The van der Waals surface area contributed by atoms with Gasteiger partial charge in [0.15, 0.2) is 0 Å². The lowest BCUT2D eigenvalue weighted by Crippen LogP contribution is -2.41. The first-order valence-electron chi connectivity index (χ1n) is 11.7. The predicted octanol–water partition coefficient (Wildman–Crippen LogP) is 7.54. The molecule has 0 amide bonds. The lowest BCUT2D eigenvalue weighted by molar-refractivity contribution is -0.292. The largest absolute Gasteiger partial charge is 0.386 e. The maximum absolute atomic E-state index is 14.6. The van der Waals surface area contributed by atoms with Crippen molar-refractivity contribution in [2.45, 2.75) is 96.7 Å². The summed E-state index contributed by atoms with van der Waals surface area (Å²) in [7, 11) is 0. The molecule has 0 aromatic heterocycles. The number of hydrogen-bond donors (Lipinski definition) is 0. The van der Waals surface area contributed by atoms with Gasteiger partial charge in [0.1, 0.15) is 5.82 Å². The highest BCUT2D eigenvalue weighted by Gasteiger charge is 2.47. The molecular formula is C25H35F3O. The standard InChI is InChI=1S/C25H35F3O/c1-3-4-17-6-9-18(10-7-17)19-11-13-20(14-12-19)22-15-21-8-5-16(2)24(26)23(21)25(27,28)29-22/h5,8,17-20,22H,3-4,6-7,9-15H2,1-2H3. The van der Waals surface area contributed by atoms with E-state index in [9.17, 15) is 13.2 Å². The van der Waals surface area contributed by atoms with Gasteiger partial charge < -0.3 is 4.74 Å². The Hall–Kier alpha value is -1.03. The predicted molar refractivity (Wildman–Crippen MR) is 109 cm³/mol. The van der Waals surface area contributed by atoms with Gasteiger partial charge in [0.05, 0.1) is 11.7 Å². The average molecular weight is 409 g/mol. The summed E-state index contributed by atoms with van der Waals surface area (Å²) >= 11 is 0. The van der Waals surface area contributed by atoms with Gasteiger partial charge in [0.25, 0.3) is 0 Å². The van der Waals surface area contributed by atoms with E-state index < -0.39 is 23.6 Å². The fraction of sp³-hybridized carbons (Fsp3) is 0.760. The van der Waals surface area contributed by atoms with Crippen LogP contribution in [-0.4, -0.2) is 6.10 Å². The summed E-state index contributed by atoms with van der Waals surface area (Å²) in [6, 6.07) is 3.27. The molecule has 162 valence electrons. The van der Waals surface area contributed by atoms with E-state index in [1.807, 2.05) is 0 Å². The van der Waals surface area contributed by atoms with Crippen LogP contribution in [0.1, 0.15) is 87.8 Å². The van der Waals surface area contributed by atoms with Crippen molar-refractivity contribution in [2.75, 3.05) is 0 Å². The van der Waals surface area contributed by atoms with Crippen molar-refractivity contribution in [3.63, 3.8) is 0 Å². The molecule has 2 aliphatic carbocycles. The zero-order valence-electron chi connectivity index (χ0n) is 17.9. The molecule has 29 heavy (non-hydrogen) atoms. The Balaban J connectivity index is 1.35. The maximum atomic E-state index is 14.6. The van der Waals surface area contributed by atoms with E-state index >= 15 is 0 Å². The van der Waals surface area contributed by atoms with Crippen LogP contribution in [0.5, 0.6) is 0 Å². The molecule has 3 aliphatic rings. The number of hydrogen-bond acceptors (Lipinski definition) is 1. The van der Waals surface area contributed by atoms with Gasteiger partial charge in [-0.25, -0.2) is 4.39 Å². The Morgan fingerprint density at radius 2 is 1.52 bits per heavy atom. The van der Waals surface area contributed by atoms with Crippen molar-refractivity contribution in [2.24, 2.45) is 23.7 Å². The van der Waals surface area contributed by atoms with E-state index in [2.05, 4.69) is 6.92 Å². The second-order valence-electron chi connectivity index (χ2n) is 9.85. The Morgan fingerprint density at radius 3 is 2.14 bits per heavy atom. The minimum atomic E-state index is -3.52. The van der Waals surface area contributed by atoms with Crippen LogP contribution in [0.25, 0.3) is 0 Å². The van der Waals surface area contributed by atoms with E-state index in [1.54, 1.807) is 12.1 Å². The highest BCUT2D eigenvalue weighted by Crippen LogP contribution is 2.47. The van der Waals surface area contributed by atoms with Crippen LogP contribution in [0.4, 0.5) is 13.2 Å². The molecule has 4 heteroatoms. The molecule has 1 atom stereocenters. The van der Waals surface area contributed by atoms with Gasteiger partial charge in [0, 0.05) is 0 Å². The molecule has 0 bridgehead atoms. The molecule has 4 rings (SSSR count). The molecule has 1 unspecified atom stereocenters. The van der Waals surface area contributed by atoms with Gasteiger partial charge in [-0.05, 0) is 86.7 Å². The quantitative estimate of drug-likeness (QED) is 0.500. The van der Waals surface area contributed by atoms with Crippen molar-refractivity contribution >= 4 is 0 Å². The molecule has 0 N–H and O–H groups in total. The van der Waals surface area contributed by atoms with Crippen LogP contribution in [0, 0.1) is 36.4 Å². The van der Waals surface area contributed by atoms with Gasteiger partial charge in [0.2, 0.25) is 0 Å². The summed E-state index contributed by atoms with van der Waals surface area (Å²) in [5, 5.41) is 0. The number of alkyl halides is 2. The van der Waals surface area contributed by atoms with Crippen LogP contribution in [-0.2, 0) is 17.3 Å². The number of rotatable bonds is 4. The summed E-state index contributed by atoms with van der Waals surface area (Å²) in [5.74, 6) is 1.86. The zero-order chi connectivity index (χ0) is 20.6. The summed E-state index contributed by atoms with van der Waals surface area (Å²) < 4.78 is 48.8. The first-order valence-corrected chi connectivity index (χ1v) is 11.7. The van der Waals surface area contributed by atoms with E-state index in [0.29, 0.717) is 12.0 Å². The third-order valence-electron chi connectivity index (χ3n) is 8.03. The highest BCUT2D eigenvalue weighted by atomic mass is 19.3. The van der Waals surface area contributed by atoms with Crippen LogP contribution >= 0.6 is 0 Å². The van der Waals surface area contributed by atoms with Gasteiger partial charge >= 0.3 is 6.11 Å². The van der Waals surface area contributed by atoms with E-state index in [4.69, 9.17) is 4.74 Å². The summed E-state index contributed by atoms with van der Waals surface area (Å²) in [5.41, 5.74) is 0.136. The monoisotopic (exact) mass is 408 g/mol. The Kier molecular flexibility index (Phi) is 6.30. The number of benzene rings is 1. The zero-order valence-corrected chi connectivity index (χ0v) is 17.9. The Bertz CT molecular complexity index is 700. The number of ether oxygens (including phenoxy) is 1. The smallest absolute Gasteiger partial charge is 0.312 e. The van der Waals surface area contributed by atoms with Crippen LogP contribution < -0.4 is 0 Å². The molecule has 1 aliphatic heterocycles. The number of halogens is 3. The van der Waals surface area contributed by atoms with E-state index in [-0.39, 0.29) is 11.5 Å². The average Bonchev–Trinajstić information content (AvgIpc) is 2.71. The summed E-state index contributed by atoms with van der Waals surface area (Å²) in [6.45, 7) is 3.80. The van der Waals surface area contributed by atoms with Gasteiger partial charge in [-0.15, -0.1) is 0 Å². The van der Waals surface area contributed by atoms with E-state index in [0.717, 1.165) is 43.4 Å². The molecule has 2 saturated carbocycles. The molecule has 1 nitrogen and oxygen atoms in total. The number of aryl methyl sites for hydroxylation is 1. The minimum Gasteiger partial charge on any atom is -0.312 e. The topological polar surface area (TPSA) is 9.23 Å². The normalized spacial score (nSPS) is 34.6. The highest BCUT2D eigenvalue weighted by molar-refractivity contribution is 5.37. The minimum absolute atomic E-state index is 0.158. The van der Waals surface area contributed by atoms with Gasteiger partial charge in [-0.3, -0.25) is 0 Å². The lowest BCUT2D eigenvalue weighted by Gasteiger charge is -2.42. The van der Waals surface area contributed by atoms with E-state index in [1.165, 1.54) is 45.4 Å². The van der Waals surface area contributed by atoms with Crippen molar-refractivity contribution in [3.05, 3.63) is 34.6 Å². The van der Waals surface area contributed by atoms with Crippen LogP contribution in [0.3, 0.4) is 0 Å². The second kappa shape index (κ2) is 8.61. The molecule has 1 aromatic rings. The Labute approximate surface area is 173 Å². The first-order chi connectivity index (χ1) is 13.9. The molecule has 1 heterocycles. The third-order valence-corrected chi connectivity index (χ3v) is 8.03. The fourth-order valence-corrected chi connectivity index (χ4v) is 6.32. The first kappa shape index (κ1) is 21.2. The van der Waals surface area contributed by atoms with Crippen molar-refractivity contribution in [3.8, 4) is 0 Å². The lowest BCUT2D eigenvalue weighted by atomic mass is 9.67. The molecule has 1 aromatic carbocycles. The second-order valence-corrected chi connectivity index (χ2v) is 9.85. The van der Waals surface area contributed by atoms with Crippen LogP contribution in [0.2, 0.25) is 0 Å². The molecule has 2 fully saturated rings. The molecular weight excluding hydrogens is 373 g/mol. The van der Waals surface area contributed by atoms with Gasteiger partial charge in [-0.1, -0.05) is 44.7 Å². The molecule has 0 saturated heterocycles. The maximum Gasteiger partial charge on any atom is 0.386 e. The van der Waals surface area contributed by atoms with Crippen LogP contribution in [0.15, 0.2) is 12.1 Å². The van der Waals surface area contributed by atoms with Crippen molar-refractivity contribution in [1.82, 2.24) is 0 Å². The summed E-state index contributed by atoms with van der Waals surface area (Å²) in [4.78, 5) is 0. The van der Waals surface area contributed by atoms with Gasteiger partial charge in [-0.2, -0.15) is 8.78 Å².